The van der Waals surface area contributed by atoms with Crippen LogP contribution in [0.2, 0.25) is 0 Å². The molecule has 1 saturated heterocycles. The van der Waals surface area contributed by atoms with Crippen LogP contribution in [0.5, 0.6) is 0 Å². The fourth-order valence-electron chi connectivity index (χ4n) is 2.16. The number of morpholine rings is 1. The molecule has 0 bridgehead atoms. The third-order valence-corrected chi connectivity index (χ3v) is 3.39. The Labute approximate surface area is 140 Å². The second kappa shape index (κ2) is 7.07. The van der Waals surface area contributed by atoms with Gasteiger partial charge in [0.05, 0.1) is 19.6 Å². The van der Waals surface area contributed by atoms with Crippen molar-refractivity contribution < 1.29 is 45.1 Å². The van der Waals surface area contributed by atoms with Gasteiger partial charge in [-0.1, -0.05) is 0 Å². The summed E-state index contributed by atoms with van der Waals surface area (Å²) in [6.45, 7) is -0.0258. The summed E-state index contributed by atoms with van der Waals surface area (Å²) >= 11 is 0. The summed E-state index contributed by atoms with van der Waals surface area (Å²) in [5.41, 5.74) is -4.53. The molecular formula is C13H10F7N3O3. The molecule has 0 spiro atoms. The minimum atomic E-state index is -5.70. The number of benzene rings is 1. The molecule has 1 atom stereocenters. The lowest BCUT2D eigenvalue weighted by Crippen LogP contribution is -2.52. The molecule has 1 aromatic rings. The van der Waals surface area contributed by atoms with E-state index in [0.29, 0.717) is 0 Å². The van der Waals surface area contributed by atoms with Gasteiger partial charge in [0.15, 0.2) is 23.3 Å². The number of nitrogens with two attached hydrogens (primary N) is 1. The molecule has 144 valence electrons. The van der Waals surface area contributed by atoms with Gasteiger partial charge in [-0.2, -0.15) is 13.2 Å². The van der Waals surface area contributed by atoms with Crippen molar-refractivity contribution in [1.82, 2.24) is 5.01 Å². The van der Waals surface area contributed by atoms with Gasteiger partial charge in [-0.3, -0.25) is 14.6 Å². The average molecular weight is 389 g/mol. The van der Waals surface area contributed by atoms with E-state index in [-0.39, 0.29) is 13.2 Å². The quantitative estimate of drug-likeness (QED) is 0.357. The summed E-state index contributed by atoms with van der Waals surface area (Å²) in [4.78, 5) is 23.4. The lowest BCUT2D eigenvalue weighted by Gasteiger charge is -2.28. The second-order valence-electron chi connectivity index (χ2n) is 5.15. The minimum absolute atomic E-state index is 0.0233. The number of rotatable bonds is 3. The zero-order valence-electron chi connectivity index (χ0n) is 12.6. The number of ether oxygens (including phenoxy) is 1. The highest BCUT2D eigenvalue weighted by Crippen LogP contribution is 2.38. The first-order chi connectivity index (χ1) is 11.9. The molecule has 13 heteroatoms. The number of amides is 2. The Hall–Kier alpha value is -2.41. The molecule has 3 N–H and O–H groups in total. The minimum Gasteiger partial charge on any atom is -0.366 e. The molecule has 6 nitrogen and oxygen atoms in total. The molecule has 1 aliphatic rings. The first-order valence-corrected chi connectivity index (χ1v) is 6.85. The van der Waals surface area contributed by atoms with Crippen LogP contribution in [-0.4, -0.2) is 36.1 Å². The zero-order chi connectivity index (χ0) is 19.8. The standard InChI is InChI=1S/C13H10F7N3O3/c14-7-6(13(18,19)20)8(15)10(17)11(9(7)16)22-5(24)3-4-12(25)23(21)1-2-26-4/h4H,1-3,21H2,(H,22,24). The predicted octanol–water partition coefficient (Wildman–Crippen LogP) is 1.69. The number of carbonyl (C=O) groups is 2. The average Bonchev–Trinajstić information content (AvgIpc) is 2.53. The van der Waals surface area contributed by atoms with Gasteiger partial charge in [0.2, 0.25) is 5.91 Å². The van der Waals surface area contributed by atoms with Crippen molar-refractivity contribution >= 4 is 17.5 Å². The second-order valence-corrected chi connectivity index (χ2v) is 5.15. The maximum absolute atomic E-state index is 13.7. The van der Waals surface area contributed by atoms with Crippen LogP contribution < -0.4 is 11.2 Å². The lowest BCUT2D eigenvalue weighted by molar-refractivity contribution is -0.155. The van der Waals surface area contributed by atoms with Crippen molar-refractivity contribution in [3.05, 3.63) is 28.8 Å². The summed E-state index contributed by atoms with van der Waals surface area (Å²) in [6, 6.07) is 0. The van der Waals surface area contributed by atoms with Crippen LogP contribution in [0.15, 0.2) is 0 Å². The SMILES string of the molecule is NN1CCOC(CC(=O)Nc2c(F)c(F)c(C(F)(F)F)c(F)c2F)C1=O. The third-order valence-electron chi connectivity index (χ3n) is 3.39. The van der Waals surface area contributed by atoms with Crippen molar-refractivity contribution in [2.24, 2.45) is 5.84 Å². The molecule has 0 aliphatic carbocycles. The summed E-state index contributed by atoms with van der Waals surface area (Å²) < 4.78 is 96.7. The van der Waals surface area contributed by atoms with Gasteiger partial charge in [-0.05, 0) is 0 Å². The van der Waals surface area contributed by atoms with Crippen LogP contribution in [0.25, 0.3) is 0 Å². The molecule has 1 unspecified atom stereocenters. The van der Waals surface area contributed by atoms with Crippen LogP contribution in [0, 0.1) is 23.3 Å². The van der Waals surface area contributed by atoms with E-state index in [1.807, 2.05) is 0 Å². The number of nitrogens with one attached hydrogen (secondary N) is 1. The van der Waals surface area contributed by atoms with Crippen LogP contribution >= 0.6 is 0 Å². The van der Waals surface area contributed by atoms with E-state index in [4.69, 9.17) is 10.6 Å². The largest absolute Gasteiger partial charge is 0.422 e. The van der Waals surface area contributed by atoms with E-state index in [1.54, 1.807) is 0 Å². The number of halogens is 7. The van der Waals surface area contributed by atoms with E-state index >= 15 is 0 Å². The van der Waals surface area contributed by atoms with Gasteiger partial charge in [0.25, 0.3) is 5.91 Å². The molecule has 1 heterocycles. The van der Waals surface area contributed by atoms with Crippen molar-refractivity contribution in [2.75, 3.05) is 18.5 Å². The zero-order valence-corrected chi connectivity index (χ0v) is 12.6. The topological polar surface area (TPSA) is 84.7 Å². The van der Waals surface area contributed by atoms with E-state index < -0.39 is 65.0 Å². The number of hydrogen-bond acceptors (Lipinski definition) is 4. The Morgan fingerprint density at radius 1 is 1.15 bits per heavy atom. The number of alkyl halides is 3. The highest BCUT2D eigenvalue weighted by molar-refractivity contribution is 5.95. The lowest BCUT2D eigenvalue weighted by atomic mass is 10.1. The summed E-state index contributed by atoms with van der Waals surface area (Å²) in [5, 5.41) is 2.12. The van der Waals surface area contributed by atoms with Gasteiger partial charge in [0, 0.05) is 0 Å². The smallest absolute Gasteiger partial charge is 0.366 e. The normalized spacial score (nSPS) is 18.2. The molecule has 0 radical (unpaired) electrons. The Balaban J connectivity index is 2.27. The van der Waals surface area contributed by atoms with Crippen LogP contribution in [0.3, 0.4) is 0 Å². The highest BCUT2D eigenvalue weighted by Gasteiger charge is 2.42. The predicted molar refractivity (Wildman–Crippen MR) is 70.2 cm³/mol. The van der Waals surface area contributed by atoms with Crippen LogP contribution in [0.4, 0.5) is 36.4 Å². The molecule has 0 saturated carbocycles. The van der Waals surface area contributed by atoms with E-state index in [9.17, 15) is 40.3 Å². The molecule has 2 amide bonds. The Morgan fingerprint density at radius 2 is 1.69 bits per heavy atom. The first kappa shape index (κ1) is 19.9. The highest BCUT2D eigenvalue weighted by atomic mass is 19.4. The maximum atomic E-state index is 13.7. The van der Waals surface area contributed by atoms with Crippen molar-refractivity contribution in [2.45, 2.75) is 18.7 Å². The fourth-order valence-corrected chi connectivity index (χ4v) is 2.16. The van der Waals surface area contributed by atoms with Crippen molar-refractivity contribution in [3.63, 3.8) is 0 Å². The van der Waals surface area contributed by atoms with Crippen molar-refractivity contribution in [3.8, 4) is 0 Å². The molecular weight excluding hydrogens is 379 g/mol. The Bertz CT molecular complexity index is 724. The first-order valence-electron chi connectivity index (χ1n) is 6.85. The number of nitrogens with zero attached hydrogens (tertiary/aromatic N) is 1. The van der Waals surface area contributed by atoms with Gasteiger partial charge in [-0.25, -0.2) is 23.4 Å². The Morgan fingerprint density at radius 3 is 2.19 bits per heavy atom. The van der Waals surface area contributed by atoms with Gasteiger partial charge >= 0.3 is 6.18 Å². The summed E-state index contributed by atoms with van der Waals surface area (Å²) in [6.07, 6.45) is -7.97. The van der Waals surface area contributed by atoms with E-state index in [0.717, 1.165) is 5.01 Å². The van der Waals surface area contributed by atoms with Crippen LogP contribution in [-0.2, 0) is 20.5 Å². The molecule has 1 fully saturated rings. The Kier molecular flexibility index (Phi) is 5.41. The van der Waals surface area contributed by atoms with Gasteiger partial charge in [-0.15, -0.1) is 0 Å². The van der Waals surface area contributed by atoms with Crippen molar-refractivity contribution in [1.29, 1.82) is 0 Å². The van der Waals surface area contributed by atoms with Gasteiger partial charge < -0.3 is 10.1 Å². The number of carbonyl (C=O) groups excluding carboxylic acids is 2. The maximum Gasteiger partial charge on any atom is 0.422 e. The van der Waals surface area contributed by atoms with E-state index in [2.05, 4.69) is 0 Å². The monoisotopic (exact) mass is 389 g/mol. The van der Waals surface area contributed by atoms with Crippen LogP contribution in [0.1, 0.15) is 12.0 Å². The molecule has 1 aromatic carbocycles. The molecule has 0 aromatic heterocycles. The number of hydrazine groups is 1. The molecule has 1 aliphatic heterocycles. The fraction of sp³-hybridized carbons (Fsp3) is 0.385. The number of anilines is 1. The summed E-state index contributed by atoms with van der Waals surface area (Å²) in [7, 11) is 0. The number of hydrogen-bond donors (Lipinski definition) is 2. The van der Waals surface area contributed by atoms with E-state index in [1.165, 1.54) is 5.32 Å². The molecule has 2 rings (SSSR count). The van der Waals surface area contributed by atoms with Gasteiger partial charge in [0.1, 0.15) is 17.4 Å². The summed E-state index contributed by atoms with van der Waals surface area (Å²) in [5.74, 6) is -7.21. The third kappa shape index (κ3) is 3.72. The molecule has 26 heavy (non-hydrogen) atoms.